The minimum atomic E-state index is 0. The zero-order valence-electron chi connectivity index (χ0n) is 13.1. The van der Waals surface area contributed by atoms with Crippen LogP contribution >= 0.6 is 24.0 Å². The number of nitrogens with one attached hydrogen (secondary N) is 1. The van der Waals surface area contributed by atoms with Crippen molar-refractivity contribution in [3.63, 3.8) is 0 Å². The number of aliphatic imine (C=N–C) groups is 1. The van der Waals surface area contributed by atoms with E-state index in [1.807, 2.05) is 6.92 Å². The molecule has 1 fully saturated rings. The van der Waals surface area contributed by atoms with E-state index in [2.05, 4.69) is 29.3 Å². The lowest BCUT2D eigenvalue weighted by atomic mass is 9.85. The minimum Gasteiger partial charge on any atom is -0.377 e. The number of ether oxygens (including phenoxy) is 1. The number of guanidine groups is 1. The summed E-state index contributed by atoms with van der Waals surface area (Å²) in [7, 11) is 4.14. The van der Waals surface area contributed by atoms with E-state index in [-0.39, 0.29) is 30.1 Å². The Morgan fingerprint density at radius 1 is 1.45 bits per heavy atom. The van der Waals surface area contributed by atoms with Crippen LogP contribution in [0.15, 0.2) is 4.99 Å². The Morgan fingerprint density at radius 3 is 2.65 bits per heavy atom. The average Bonchev–Trinajstić information content (AvgIpc) is 2.30. The van der Waals surface area contributed by atoms with Crippen molar-refractivity contribution in [2.24, 2.45) is 16.6 Å². The first-order chi connectivity index (χ1) is 9.11. The smallest absolute Gasteiger partial charge is 0.188 e. The first kappa shape index (κ1) is 19.9. The van der Waals surface area contributed by atoms with Gasteiger partial charge in [0.05, 0.1) is 12.6 Å². The number of halogens is 1. The first-order valence-electron chi connectivity index (χ1n) is 7.42. The molecule has 0 spiro atoms. The molecule has 1 rings (SSSR count). The van der Waals surface area contributed by atoms with Gasteiger partial charge in [-0.15, -0.1) is 24.0 Å². The largest absolute Gasteiger partial charge is 0.377 e. The molecule has 1 unspecified atom stereocenters. The Hall–Kier alpha value is -0.0800. The molecule has 0 aromatic heterocycles. The van der Waals surface area contributed by atoms with E-state index >= 15 is 0 Å². The lowest BCUT2D eigenvalue weighted by molar-refractivity contribution is 0.0582. The zero-order chi connectivity index (χ0) is 14.1. The third-order valence-corrected chi connectivity index (χ3v) is 3.56. The van der Waals surface area contributed by atoms with Crippen LogP contribution in [0.2, 0.25) is 0 Å². The van der Waals surface area contributed by atoms with Crippen LogP contribution in [0.4, 0.5) is 0 Å². The maximum atomic E-state index is 5.87. The summed E-state index contributed by atoms with van der Waals surface area (Å²) in [5.41, 5.74) is 5.87. The van der Waals surface area contributed by atoms with Gasteiger partial charge in [0.25, 0.3) is 0 Å². The minimum absolute atomic E-state index is 0. The maximum absolute atomic E-state index is 5.87. The molecule has 0 amide bonds. The molecule has 0 aliphatic heterocycles. The highest BCUT2D eigenvalue weighted by Gasteiger charge is 2.17. The van der Waals surface area contributed by atoms with Crippen molar-refractivity contribution >= 4 is 29.9 Å². The zero-order valence-corrected chi connectivity index (χ0v) is 15.4. The van der Waals surface area contributed by atoms with Crippen LogP contribution in [0.25, 0.3) is 0 Å². The second-order valence-corrected chi connectivity index (χ2v) is 5.57. The molecule has 0 saturated heterocycles. The summed E-state index contributed by atoms with van der Waals surface area (Å²) < 4.78 is 5.68. The van der Waals surface area contributed by atoms with E-state index in [1.54, 1.807) is 0 Å². The van der Waals surface area contributed by atoms with Gasteiger partial charge in [-0.05, 0) is 46.2 Å². The summed E-state index contributed by atoms with van der Waals surface area (Å²) >= 11 is 0. The van der Waals surface area contributed by atoms with Gasteiger partial charge in [-0.25, -0.2) is 0 Å². The third kappa shape index (κ3) is 8.97. The fourth-order valence-corrected chi connectivity index (χ4v) is 2.07. The highest BCUT2D eigenvalue weighted by molar-refractivity contribution is 14.0. The maximum Gasteiger partial charge on any atom is 0.188 e. The Balaban J connectivity index is 0.00000361. The normalized spacial score (nSPS) is 17.5. The summed E-state index contributed by atoms with van der Waals surface area (Å²) in [5.74, 6) is 1.35. The highest BCUT2D eigenvalue weighted by Crippen LogP contribution is 2.24. The van der Waals surface area contributed by atoms with E-state index in [0.717, 1.165) is 32.0 Å². The molecule has 0 heterocycles. The van der Waals surface area contributed by atoms with Gasteiger partial charge in [0.2, 0.25) is 0 Å². The van der Waals surface area contributed by atoms with E-state index in [1.165, 1.54) is 19.3 Å². The van der Waals surface area contributed by atoms with E-state index < -0.39 is 0 Å². The lowest BCUT2D eigenvalue weighted by Crippen LogP contribution is -2.38. The van der Waals surface area contributed by atoms with E-state index in [0.29, 0.717) is 12.5 Å². The summed E-state index contributed by atoms with van der Waals surface area (Å²) in [4.78, 5) is 6.55. The molecule has 120 valence electrons. The van der Waals surface area contributed by atoms with Crippen LogP contribution in [0.1, 0.15) is 32.6 Å². The van der Waals surface area contributed by atoms with Crippen LogP contribution in [0, 0.1) is 5.92 Å². The predicted molar refractivity (Wildman–Crippen MR) is 95.8 cm³/mol. The quantitative estimate of drug-likeness (QED) is 0.352. The molecule has 0 radical (unpaired) electrons. The molecule has 3 N–H and O–H groups in total. The molecular weight excluding hydrogens is 367 g/mol. The van der Waals surface area contributed by atoms with Crippen molar-refractivity contribution in [1.82, 2.24) is 10.2 Å². The van der Waals surface area contributed by atoms with Crippen molar-refractivity contribution in [3.8, 4) is 0 Å². The van der Waals surface area contributed by atoms with Gasteiger partial charge < -0.3 is 20.7 Å². The summed E-state index contributed by atoms with van der Waals surface area (Å²) in [6, 6.07) is 0. The lowest BCUT2D eigenvalue weighted by Gasteiger charge is -2.25. The number of nitrogens with zero attached hydrogens (tertiary/aromatic N) is 2. The first-order valence-corrected chi connectivity index (χ1v) is 7.42. The predicted octanol–water partition coefficient (Wildman–Crippen LogP) is 1.67. The molecule has 1 aliphatic carbocycles. The molecule has 1 atom stereocenters. The monoisotopic (exact) mass is 398 g/mol. The third-order valence-electron chi connectivity index (χ3n) is 3.56. The standard InChI is InChI=1S/C14H30N4O.HI/c1-4-19-13(8-9-18(2)3)11-17-14(15)16-10-12-6-5-7-12;/h12-13H,4-11H2,1-3H3,(H3,15,16,17);1H. The molecule has 20 heavy (non-hydrogen) atoms. The van der Waals surface area contributed by atoms with Crippen LogP contribution < -0.4 is 11.1 Å². The van der Waals surface area contributed by atoms with Crippen LogP contribution in [-0.4, -0.2) is 57.3 Å². The van der Waals surface area contributed by atoms with Crippen molar-refractivity contribution in [3.05, 3.63) is 0 Å². The molecule has 0 aromatic rings. The van der Waals surface area contributed by atoms with Gasteiger partial charge in [-0.1, -0.05) is 6.42 Å². The van der Waals surface area contributed by atoms with Crippen molar-refractivity contribution < 1.29 is 4.74 Å². The molecule has 0 bridgehead atoms. The molecule has 5 nitrogen and oxygen atoms in total. The second-order valence-electron chi connectivity index (χ2n) is 5.57. The van der Waals surface area contributed by atoms with E-state index in [4.69, 9.17) is 10.5 Å². The van der Waals surface area contributed by atoms with Gasteiger partial charge in [0.1, 0.15) is 0 Å². The van der Waals surface area contributed by atoms with Crippen LogP contribution in [-0.2, 0) is 4.74 Å². The summed E-state index contributed by atoms with van der Waals surface area (Å²) in [6.07, 6.45) is 5.16. The Morgan fingerprint density at radius 2 is 2.15 bits per heavy atom. The number of rotatable bonds is 9. The van der Waals surface area contributed by atoms with Crippen LogP contribution in [0.5, 0.6) is 0 Å². The number of nitrogens with two attached hydrogens (primary N) is 1. The van der Waals surface area contributed by atoms with Crippen molar-refractivity contribution in [2.75, 3.05) is 40.3 Å². The Bertz CT molecular complexity index is 270. The average molecular weight is 398 g/mol. The number of hydrogen-bond acceptors (Lipinski definition) is 3. The van der Waals surface area contributed by atoms with Gasteiger partial charge in [0.15, 0.2) is 5.96 Å². The number of hydrogen-bond donors (Lipinski definition) is 2. The SMILES string of the molecule is CCOC(CCN(C)C)CN=C(N)NCC1CCC1.I. The molecule has 1 saturated carbocycles. The Kier molecular flexibility index (Phi) is 11.5. The highest BCUT2D eigenvalue weighted by atomic mass is 127. The molecule has 1 aliphatic rings. The second kappa shape index (κ2) is 11.6. The molecule has 6 heteroatoms. The van der Waals surface area contributed by atoms with Crippen molar-refractivity contribution in [1.29, 1.82) is 0 Å². The fraction of sp³-hybridized carbons (Fsp3) is 0.929. The van der Waals surface area contributed by atoms with Gasteiger partial charge in [-0.3, -0.25) is 4.99 Å². The summed E-state index contributed by atoms with van der Waals surface area (Å²) in [6.45, 7) is 5.36. The van der Waals surface area contributed by atoms with E-state index in [9.17, 15) is 0 Å². The van der Waals surface area contributed by atoms with Crippen molar-refractivity contribution in [2.45, 2.75) is 38.7 Å². The Labute approximate surface area is 140 Å². The fourth-order valence-electron chi connectivity index (χ4n) is 2.07. The molecule has 0 aromatic carbocycles. The van der Waals surface area contributed by atoms with Gasteiger partial charge >= 0.3 is 0 Å². The molecular formula is C14H31IN4O. The van der Waals surface area contributed by atoms with Crippen LogP contribution in [0.3, 0.4) is 0 Å². The van der Waals surface area contributed by atoms with Gasteiger partial charge in [-0.2, -0.15) is 0 Å². The summed E-state index contributed by atoms with van der Waals surface area (Å²) in [5, 5.41) is 3.21. The van der Waals surface area contributed by atoms with Gasteiger partial charge in [0, 0.05) is 19.7 Å². The topological polar surface area (TPSA) is 62.9 Å².